The van der Waals surface area contributed by atoms with E-state index in [1.807, 2.05) is 7.05 Å². The van der Waals surface area contributed by atoms with Crippen LogP contribution >= 0.6 is 12.4 Å². The van der Waals surface area contributed by atoms with Crippen molar-refractivity contribution in [3.05, 3.63) is 23.8 Å². The van der Waals surface area contributed by atoms with Gasteiger partial charge in [0.25, 0.3) is 5.91 Å². The molecule has 1 aromatic carbocycles. The van der Waals surface area contributed by atoms with Gasteiger partial charge in [0.1, 0.15) is 0 Å². The number of likely N-dealkylation sites (tertiary alicyclic amines) is 1. The highest BCUT2D eigenvalue weighted by Gasteiger charge is 2.27. The van der Waals surface area contributed by atoms with E-state index >= 15 is 0 Å². The predicted molar refractivity (Wildman–Crippen MR) is 94.0 cm³/mol. The van der Waals surface area contributed by atoms with Crippen molar-refractivity contribution >= 4 is 18.3 Å². The molecular formula is C17H25ClF2N2O3. The molecule has 1 heterocycles. The van der Waals surface area contributed by atoms with Crippen LogP contribution in [0.25, 0.3) is 0 Å². The largest absolute Gasteiger partial charge is 0.493 e. The Morgan fingerprint density at radius 2 is 2.04 bits per heavy atom. The number of nitrogens with one attached hydrogen (secondary N) is 1. The molecule has 0 aromatic heterocycles. The molecule has 0 spiro atoms. The molecule has 2 rings (SSSR count). The summed E-state index contributed by atoms with van der Waals surface area (Å²) < 4.78 is 35.0. The third-order valence-corrected chi connectivity index (χ3v) is 4.34. The van der Waals surface area contributed by atoms with Gasteiger partial charge in [-0.15, -0.1) is 12.4 Å². The van der Waals surface area contributed by atoms with E-state index in [9.17, 15) is 13.6 Å². The van der Waals surface area contributed by atoms with Crippen LogP contribution in [0.1, 0.15) is 29.6 Å². The summed E-state index contributed by atoms with van der Waals surface area (Å²) in [5.74, 6) is 0.225. The first kappa shape index (κ1) is 21.4. The molecule has 0 atom stereocenters. The van der Waals surface area contributed by atoms with E-state index in [1.165, 1.54) is 19.2 Å². The Morgan fingerprint density at radius 1 is 1.36 bits per heavy atom. The highest BCUT2D eigenvalue weighted by molar-refractivity contribution is 5.97. The third kappa shape index (κ3) is 5.71. The number of hydrogen-bond acceptors (Lipinski definition) is 4. The normalized spacial score (nSPS) is 15.0. The molecular weight excluding hydrogens is 354 g/mol. The molecule has 0 radical (unpaired) electrons. The number of piperidine rings is 1. The second kappa shape index (κ2) is 10.4. The maximum atomic E-state index is 12.7. The summed E-state index contributed by atoms with van der Waals surface area (Å²) in [5, 5.41) is 3.13. The van der Waals surface area contributed by atoms with E-state index in [4.69, 9.17) is 4.74 Å². The maximum Gasteiger partial charge on any atom is 0.387 e. The summed E-state index contributed by atoms with van der Waals surface area (Å²) in [6.45, 7) is -0.807. The molecule has 1 fully saturated rings. The van der Waals surface area contributed by atoms with Gasteiger partial charge >= 0.3 is 6.61 Å². The van der Waals surface area contributed by atoms with Gasteiger partial charge in [0.15, 0.2) is 11.5 Å². The van der Waals surface area contributed by atoms with Crippen molar-refractivity contribution in [2.24, 2.45) is 5.92 Å². The number of benzene rings is 1. The minimum absolute atomic E-state index is 0. The van der Waals surface area contributed by atoms with Crippen molar-refractivity contribution in [2.45, 2.75) is 25.9 Å². The van der Waals surface area contributed by atoms with Gasteiger partial charge in [0, 0.05) is 13.1 Å². The number of methoxy groups -OCH3 is 1. The molecule has 5 nitrogen and oxygen atoms in total. The minimum Gasteiger partial charge on any atom is -0.493 e. The number of ether oxygens (including phenoxy) is 2. The summed E-state index contributed by atoms with van der Waals surface area (Å²) in [4.78, 5) is 14.4. The third-order valence-electron chi connectivity index (χ3n) is 4.34. The van der Waals surface area contributed by atoms with E-state index in [1.54, 1.807) is 11.0 Å². The first-order valence-corrected chi connectivity index (χ1v) is 8.12. The molecule has 1 aromatic rings. The molecule has 1 N–H and O–H groups in total. The van der Waals surface area contributed by atoms with E-state index in [-0.39, 0.29) is 35.4 Å². The lowest BCUT2D eigenvalue weighted by molar-refractivity contribution is -0.0516. The van der Waals surface area contributed by atoms with Crippen LogP contribution < -0.4 is 14.8 Å². The minimum atomic E-state index is -3.01. The predicted octanol–water partition coefficient (Wildman–Crippen LogP) is 3.18. The lowest BCUT2D eigenvalue weighted by Gasteiger charge is -2.32. The molecule has 0 saturated carbocycles. The zero-order chi connectivity index (χ0) is 17.5. The SMILES string of the molecule is CNCCC1CCN(C(=O)c2cccc(OC)c2OC(F)F)CC1.Cl. The van der Waals surface area contributed by atoms with Crippen LogP contribution in [0.15, 0.2) is 18.2 Å². The van der Waals surface area contributed by atoms with Crippen LogP contribution in [0.5, 0.6) is 11.5 Å². The molecule has 0 bridgehead atoms. The van der Waals surface area contributed by atoms with E-state index in [0.717, 1.165) is 25.8 Å². The van der Waals surface area contributed by atoms with Gasteiger partial charge < -0.3 is 19.7 Å². The summed E-state index contributed by atoms with van der Waals surface area (Å²) in [5.41, 5.74) is 0.114. The summed E-state index contributed by atoms with van der Waals surface area (Å²) in [6.07, 6.45) is 2.92. The molecule has 1 saturated heterocycles. The van der Waals surface area contributed by atoms with Gasteiger partial charge in [-0.3, -0.25) is 4.79 Å². The van der Waals surface area contributed by atoms with Gasteiger partial charge in [0.2, 0.25) is 0 Å². The molecule has 25 heavy (non-hydrogen) atoms. The second-order valence-corrected chi connectivity index (χ2v) is 5.84. The molecule has 0 aliphatic carbocycles. The fourth-order valence-corrected chi connectivity index (χ4v) is 3.00. The van der Waals surface area contributed by atoms with Crippen LogP contribution in [-0.2, 0) is 0 Å². The average Bonchev–Trinajstić information content (AvgIpc) is 2.59. The van der Waals surface area contributed by atoms with Gasteiger partial charge in [-0.25, -0.2) is 0 Å². The summed E-state index contributed by atoms with van der Waals surface area (Å²) >= 11 is 0. The first-order chi connectivity index (χ1) is 11.6. The number of carbonyl (C=O) groups excluding carboxylic acids is 1. The molecule has 8 heteroatoms. The van der Waals surface area contributed by atoms with Crippen molar-refractivity contribution < 1.29 is 23.0 Å². The zero-order valence-corrected chi connectivity index (χ0v) is 15.3. The van der Waals surface area contributed by atoms with E-state index < -0.39 is 6.61 Å². The monoisotopic (exact) mass is 378 g/mol. The van der Waals surface area contributed by atoms with Gasteiger partial charge in [-0.1, -0.05) is 6.07 Å². The average molecular weight is 379 g/mol. The number of para-hydroxylation sites is 1. The second-order valence-electron chi connectivity index (χ2n) is 5.84. The summed E-state index contributed by atoms with van der Waals surface area (Å²) in [7, 11) is 3.28. The zero-order valence-electron chi connectivity index (χ0n) is 14.5. The Morgan fingerprint density at radius 3 is 2.60 bits per heavy atom. The van der Waals surface area contributed by atoms with Crippen LogP contribution in [0, 0.1) is 5.92 Å². The van der Waals surface area contributed by atoms with Crippen LogP contribution in [0.3, 0.4) is 0 Å². The topological polar surface area (TPSA) is 50.8 Å². The fourth-order valence-electron chi connectivity index (χ4n) is 3.00. The highest BCUT2D eigenvalue weighted by Crippen LogP contribution is 2.34. The van der Waals surface area contributed by atoms with E-state index in [2.05, 4.69) is 10.1 Å². The number of nitrogens with zero attached hydrogens (tertiary/aromatic N) is 1. The maximum absolute atomic E-state index is 12.7. The molecule has 1 aliphatic rings. The highest BCUT2D eigenvalue weighted by atomic mass is 35.5. The van der Waals surface area contributed by atoms with Crippen LogP contribution in [0.2, 0.25) is 0 Å². The number of carbonyl (C=O) groups is 1. The Kier molecular flexibility index (Phi) is 8.92. The number of alkyl halides is 2. The van der Waals surface area contributed by atoms with Crippen molar-refractivity contribution in [3.8, 4) is 11.5 Å². The smallest absolute Gasteiger partial charge is 0.387 e. The van der Waals surface area contributed by atoms with Crippen LogP contribution in [0.4, 0.5) is 8.78 Å². The quantitative estimate of drug-likeness (QED) is 0.791. The fraction of sp³-hybridized carbons (Fsp3) is 0.588. The molecule has 1 aliphatic heterocycles. The van der Waals surface area contributed by atoms with Crippen molar-refractivity contribution in [1.29, 1.82) is 0 Å². The Balaban J connectivity index is 0.00000312. The lowest BCUT2D eigenvalue weighted by Crippen LogP contribution is -2.39. The summed E-state index contributed by atoms with van der Waals surface area (Å²) in [6, 6.07) is 4.60. The number of hydrogen-bond donors (Lipinski definition) is 1. The van der Waals surface area contributed by atoms with E-state index in [0.29, 0.717) is 19.0 Å². The Bertz CT molecular complexity index is 553. The van der Waals surface area contributed by atoms with Gasteiger partial charge in [-0.05, 0) is 50.9 Å². The van der Waals surface area contributed by atoms with Crippen molar-refractivity contribution in [2.75, 3.05) is 33.8 Å². The standard InChI is InChI=1S/C17H24F2N2O3.ClH/c1-20-9-6-12-7-10-21(11-8-12)16(22)13-4-3-5-14(23-2)15(13)24-17(18)19;/h3-5,12,17,20H,6-11H2,1-2H3;1H. The van der Waals surface area contributed by atoms with Gasteiger partial charge in [0.05, 0.1) is 12.7 Å². The first-order valence-electron chi connectivity index (χ1n) is 8.12. The Labute approximate surface area is 153 Å². The molecule has 142 valence electrons. The Hall–Kier alpha value is -1.60. The van der Waals surface area contributed by atoms with Crippen molar-refractivity contribution in [1.82, 2.24) is 10.2 Å². The number of rotatable bonds is 7. The number of halogens is 3. The van der Waals surface area contributed by atoms with Crippen LogP contribution in [-0.4, -0.2) is 51.2 Å². The lowest BCUT2D eigenvalue weighted by atomic mass is 9.93. The molecule has 1 amide bonds. The van der Waals surface area contributed by atoms with Gasteiger partial charge in [-0.2, -0.15) is 8.78 Å². The van der Waals surface area contributed by atoms with Crippen molar-refractivity contribution in [3.63, 3.8) is 0 Å². The number of amides is 1. The molecule has 0 unspecified atom stereocenters.